The second-order valence-corrected chi connectivity index (χ2v) is 9.79. The van der Waals surface area contributed by atoms with Gasteiger partial charge >= 0.3 is 0 Å². The lowest BCUT2D eigenvalue weighted by atomic mass is 9.97. The largest absolute Gasteiger partial charge is 0.321 e. The topological polar surface area (TPSA) is 81.6 Å². The van der Waals surface area contributed by atoms with Crippen LogP contribution in [-0.2, 0) is 17.6 Å². The zero-order valence-electron chi connectivity index (χ0n) is 18.8. The Morgan fingerprint density at radius 2 is 1.94 bits per heavy atom. The molecule has 0 fully saturated rings. The molecule has 1 aliphatic carbocycles. The number of rotatable bonds is 4. The summed E-state index contributed by atoms with van der Waals surface area (Å²) in [5.74, 6) is -0.488. The van der Waals surface area contributed by atoms with Gasteiger partial charge in [-0.15, -0.1) is 11.3 Å². The van der Waals surface area contributed by atoms with Crippen LogP contribution in [0.1, 0.15) is 50.7 Å². The average molecular weight is 475 g/mol. The Balaban J connectivity index is 1.73. The van der Waals surface area contributed by atoms with Crippen LogP contribution in [0.25, 0.3) is 11.8 Å². The Bertz CT molecular complexity index is 1380. The Morgan fingerprint density at radius 3 is 2.67 bits per heavy atom. The van der Waals surface area contributed by atoms with E-state index >= 15 is 0 Å². The van der Waals surface area contributed by atoms with Crippen molar-refractivity contribution in [1.82, 2.24) is 4.57 Å². The summed E-state index contributed by atoms with van der Waals surface area (Å²) in [5, 5.41) is 22.8. The van der Waals surface area contributed by atoms with Crippen molar-refractivity contribution in [2.75, 3.05) is 5.32 Å². The normalized spacial score (nSPS) is 13.2. The molecule has 33 heavy (non-hydrogen) atoms. The van der Waals surface area contributed by atoms with E-state index in [0.717, 1.165) is 53.9 Å². The smallest absolute Gasteiger partial charge is 0.266 e. The number of nitrogens with zero attached hydrogens (tertiary/aromatic N) is 3. The van der Waals surface area contributed by atoms with Crippen LogP contribution in [0, 0.1) is 43.4 Å². The first kappa shape index (κ1) is 22.9. The van der Waals surface area contributed by atoms with Crippen LogP contribution >= 0.6 is 22.9 Å². The maximum atomic E-state index is 12.8. The average Bonchev–Trinajstić information content (AvgIpc) is 3.30. The monoisotopic (exact) mass is 474 g/mol. The molecule has 0 radical (unpaired) electrons. The number of nitrogens with one attached hydrogen (secondary N) is 1. The van der Waals surface area contributed by atoms with Gasteiger partial charge in [0.05, 0.1) is 5.69 Å². The first-order valence-electron chi connectivity index (χ1n) is 10.8. The third kappa shape index (κ3) is 4.33. The number of hydrogen-bond donors (Lipinski definition) is 1. The molecule has 0 unspecified atom stereocenters. The number of thiophene rings is 1. The first-order valence-corrected chi connectivity index (χ1v) is 12.0. The maximum Gasteiger partial charge on any atom is 0.266 e. The van der Waals surface area contributed by atoms with Gasteiger partial charge in [0.15, 0.2) is 0 Å². The summed E-state index contributed by atoms with van der Waals surface area (Å²) < 4.78 is 2.10. The summed E-state index contributed by atoms with van der Waals surface area (Å²) in [6, 6.07) is 11.6. The van der Waals surface area contributed by atoms with Crippen molar-refractivity contribution >= 4 is 40.6 Å². The second kappa shape index (κ2) is 9.27. The molecule has 0 spiro atoms. The highest BCUT2D eigenvalue weighted by molar-refractivity contribution is 7.13. The Morgan fingerprint density at radius 1 is 1.18 bits per heavy atom. The van der Waals surface area contributed by atoms with Crippen LogP contribution in [-0.4, -0.2) is 10.5 Å². The number of aromatic nitrogens is 1. The SMILES string of the molecule is Cc1ccc(Cl)cc1NC(=O)/C(C#N)=C\c1cc(C)n(-c2c(C#N)sc3c2CCCC3)c1C. The summed E-state index contributed by atoms with van der Waals surface area (Å²) in [6.45, 7) is 5.81. The number of carbonyl (C=O) groups excluding carboxylic acids is 1. The van der Waals surface area contributed by atoms with E-state index < -0.39 is 5.91 Å². The molecule has 1 amide bonds. The van der Waals surface area contributed by atoms with Crippen LogP contribution < -0.4 is 5.32 Å². The van der Waals surface area contributed by atoms with Gasteiger partial charge in [-0.05, 0) is 87.4 Å². The van der Waals surface area contributed by atoms with Gasteiger partial charge in [0, 0.05) is 27.0 Å². The lowest BCUT2D eigenvalue weighted by Crippen LogP contribution is -2.14. The lowest BCUT2D eigenvalue weighted by molar-refractivity contribution is -0.112. The third-order valence-corrected chi connectivity index (χ3v) is 7.47. The minimum atomic E-state index is -0.488. The van der Waals surface area contributed by atoms with E-state index in [0.29, 0.717) is 15.6 Å². The van der Waals surface area contributed by atoms with Crippen molar-refractivity contribution in [3.8, 4) is 17.8 Å². The Hall–Kier alpha value is -3.32. The number of carbonyl (C=O) groups is 1. The standard InChI is InChI=1S/C26H23ClN4OS/c1-15-8-9-20(27)12-22(15)30-26(32)19(13-28)11-18-10-16(2)31(17(18)3)25-21-6-4-5-7-23(21)33-24(25)14-29/h8-12H,4-7H2,1-3H3,(H,30,32)/b19-11-. The summed E-state index contributed by atoms with van der Waals surface area (Å²) >= 11 is 7.64. The van der Waals surface area contributed by atoms with E-state index in [-0.39, 0.29) is 5.57 Å². The van der Waals surface area contributed by atoms with E-state index in [1.54, 1.807) is 29.5 Å². The molecule has 1 aliphatic rings. The van der Waals surface area contributed by atoms with E-state index in [1.165, 1.54) is 10.4 Å². The Kier molecular flexibility index (Phi) is 6.42. The van der Waals surface area contributed by atoms with Gasteiger partial charge in [-0.2, -0.15) is 10.5 Å². The highest BCUT2D eigenvalue weighted by atomic mass is 35.5. The quantitative estimate of drug-likeness (QED) is 0.350. The van der Waals surface area contributed by atoms with Gasteiger partial charge < -0.3 is 9.88 Å². The van der Waals surface area contributed by atoms with Crippen molar-refractivity contribution in [2.45, 2.75) is 46.5 Å². The van der Waals surface area contributed by atoms with E-state index in [1.807, 2.05) is 39.0 Å². The number of halogens is 1. The number of anilines is 1. The molecule has 0 saturated heterocycles. The van der Waals surface area contributed by atoms with Crippen LogP contribution in [0.15, 0.2) is 29.8 Å². The van der Waals surface area contributed by atoms with E-state index in [2.05, 4.69) is 16.0 Å². The number of benzene rings is 1. The van der Waals surface area contributed by atoms with E-state index in [9.17, 15) is 15.3 Å². The maximum absolute atomic E-state index is 12.8. The molecule has 5 nitrogen and oxygen atoms in total. The molecule has 1 N–H and O–H groups in total. The van der Waals surface area contributed by atoms with Crippen molar-refractivity contribution in [3.63, 3.8) is 0 Å². The molecular formula is C26H23ClN4OS. The van der Waals surface area contributed by atoms with Crippen LogP contribution in [0.3, 0.4) is 0 Å². The highest BCUT2D eigenvalue weighted by Gasteiger charge is 2.24. The van der Waals surface area contributed by atoms with Gasteiger partial charge in [0.2, 0.25) is 0 Å². The number of aryl methyl sites for hydroxylation is 3. The summed E-state index contributed by atoms with van der Waals surface area (Å²) in [4.78, 5) is 14.9. The summed E-state index contributed by atoms with van der Waals surface area (Å²) in [7, 11) is 0. The number of amides is 1. The zero-order valence-corrected chi connectivity index (χ0v) is 20.3. The summed E-state index contributed by atoms with van der Waals surface area (Å²) in [6.07, 6.45) is 5.87. The molecular weight excluding hydrogens is 452 g/mol. The minimum absolute atomic E-state index is 0.00230. The van der Waals surface area contributed by atoms with Crippen molar-refractivity contribution < 1.29 is 4.79 Å². The van der Waals surface area contributed by atoms with Crippen LogP contribution in [0.5, 0.6) is 0 Å². The van der Waals surface area contributed by atoms with Crippen molar-refractivity contribution in [2.24, 2.45) is 0 Å². The number of fused-ring (bicyclic) bond motifs is 1. The van der Waals surface area contributed by atoms with Gasteiger partial charge in [-0.1, -0.05) is 17.7 Å². The van der Waals surface area contributed by atoms with Gasteiger partial charge in [0.25, 0.3) is 5.91 Å². The second-order valence-electron chi connectivity index (χ2n) is 8.25. The Labute approximate surface area is 202 Å². The summed E-state index contributed by atoms with van der Waals surface area (Å²) in [5.41, 5.74) is 6.29. The fourth-order valence-electron chi connectivity index (χ4n) is 4.36. The van der Waals surface area contributed by atoms with Gasteiger partial charge in [-0.3, -0.25) is 4.79 Å². The van der Waals surface area contributed by atoms with Crippen LogP contribution in [0.4, 0.5) is 5.69 Å². The fraction of sp³-hybridized carbons (Fsp3) is 0.269. The molecule has 4 rings (SSSR count). The molecule has 3 aromatic rings. The molecule has 0 atom stereocenters. The minimum Gasteiger partial charge on any atom is -0.321 e. The predicted molar refractivity (Wildman–Crippen MR) is 133 cm³/mol. The molecule has 0 saturated carbocycles. The van der Waals surface area contributed by atoms with E-state index in [4.69, 9.17) is 11.6 Å². The molecule has 2 heterocycles. The first-order chi connectivity index (χ1) is 15.8. The number of hydrogen-bond acceptors (Lipinski definition) is 4. The molecule has 2 aromatic heterocycles. The molecule has 0 bridgehead atoms. The number of nitriles is 2. The predicted octanol–water partition coefficient (Wildman–Crippen LogP) is 6.41. The third-order valence-electron chi connectivity index (χ3n) is 6.05. The van der Waals surface area contributed by atoms with Crippen molar-refractivity contribution in [3.05, 3.63) is 72.7 Å². The molecule has 166 valence electrons. The van der Waals surface area contributed by atoms with Crippen molar-refractivity contribution in [1.29, 1.82) is 10.5 Å². The molecule has 1 aromatic carbocycles. The highest BCUT2D eigenvalue weighted by Crippen LogP contribution is 2.38. The molecule has 0 aliphatic heterocycles. The van der Waals surface area contributed by atoms with Gasteiger partial charge in [0.1, 0.15) is 22.6 Å². The lowest BCUT2D eigenvalue weighted by Gasteiger charge is -2.16. The fourth-order valence-corrected chi connectivity index (χ4v) is 5.71. The van der Waals surface area contributed by atoms with Gasteiger partial charge in [-0.25, -0.2) is 0 Å². The zero-order chi connectivity index (χ0) is 23.7. The molecule has 7 heteroatoms. The van der Waals surface area contributed by atoms with Crippen LogP contribution in [0.2, 0.25) is 5.02 Å².